The van der Waals surface area contributed by atoms with Gasteiger partial charge in [0, 0.05) is 10.8 Å². The van der Waals surface area contributed by atoms with Gasteiger partial charge >= 0.3 is 18.9 Å². The maximum Gasteiger partial charge on any atom is 1.00 e. The number of carbonyl (C=O) groups excluding carboxylic acids is 1. The molecule has 33 heavy (non-hydrogen) atoms. The van der Waals surface area contributed by atoms with E-state index in [2.05, 4.69) is 33.2 Å². The van der Waals surface area contributed by atoms with E-state index < -0.39 is 5.97 Å². The summed E-state index contributed by atoms with van der Waals surface area (Å²) in [5.41, 5.74) is 3.39. The van der Waals surface area contributed by atoms with Crippen LogP contribution in [0.5, 0.6) is 0 Å². The van der Waals surface area contributed by atoms with Crippen molar-refractivity contribution in [3.63, 3.8) is 0 Å². The Bertz CT molecular complexity index is 1180. The molecule has 0 unspecified atom stereocenters. The summed E-state index contributed by atoms with van der Waals surface area (Å²) >= 11 is 9.08. The van der Waals surface area contributed by atoms with Gasteiger partial charge in [0.25, 0.3) is 0 Å². The molecule has 3 rings (SSSR count). The Kier molecular flexibility index (Phi) is 10.6. The fraction of sp³-hybridized carbons (Fsp3) is 0.0800. The average molecular weight is 516 g/mol. The van der Waals surface area contributed by atoms with Gasteiger partial charge in [-0.3, -0.25) is 4.79 Å². The van der Waals surface area contributed by atoms with Crippen molar-refractivity contribution in [2.75, 3.05) is 7.11 Å². The third kappa shape index (κ3) is 7.73. The van der Waals surface area contributed by atoms with Gasteiger partial charge in [-0.2, -0.15) is 6.21 Å². The van der Waals surface area contributed by atoms with Gasteiger partial charge < -0.3 is 19.9 Å². The number of hydrogen-bond donors (Lipinski definition) is 0. The summed E-state index contributed by atoms with van der Waals surface area (Å²) in [6, 6.07) is 22.2. The van der Waals surface area contributed by atoms with Gasteiger partial charge in [0.05, 0.1) is 7.11 Å². The Morgan fingerprint density at radius 3 is 2.48 bits per heavy atom. The van der Waals surface area contributed by atoms with E-state index in [1.807, 2.05) is 48.5 Å². The molecule has 0 amide bonds. The van der Waals surface area contributed by atoms with Crippen LogP contribution in [0.1, 0.15) is 16.7 Å². The smallest absolute Gasteiger partial charge is 0.530 e. The molecule has 0 radical (unpaired) electrons. The van der Waals surface area contributed by atoms with Crippen molar-refractivity contribution in [3.8, 4) is 11.1 Å². The average Bonchev–Trinajstić information content (AvgIpc) is 2.80. The number of esters is 1. The number of halogens is 2. The normalized spacial score (nSPS) is 11.1. The van der Waals surface area contributed by atoms with E-state index in [-0.39, 0.29) is 36.0 Å². The SMILES string of the molecule is COC(=O)[C-]=C(OCc1ccccc1)c1cccc(-c2cccc(Cl)c2)c1[C-]=NC(=[N-])Br.[Li+]. The molecule has 0 saturated heterocycles. The van der Waals surface area contributed by atoms with Crippen molar-refractivity contribution < 1.29 is 33.1 Å². The van der Waals surface area contributed by atoms with Crippen molar-refractivity contribution in [3.05, 3.63) is 106 Å². The van der Waals surface area contributed by atoms with E-state index in [0.717, 1.165) is 16.7 Å². The third-order valence-electron chi connectivity index (χ3n) is 4.33. The number of ether oxygens (including phenoxy) is 2. The minimum absolute atomic E-state index is 0. The molecule has 0 spiro atoms. The van der Waals surface area contributed by atoms with Crippen LogP contribution in [0.4, 0.5) is 0 Å². The van der Waals surface area contributed by atoms with Crippen LogP contribution in [-0.4, -0.2) is 24.0 Å². The van der Waals surface area contributed by atoms with E-state index in [1.165, 1.54) is 7.11 Å². The molecule has 0 bridgehead atoms. The zero-order valence-electron chi connectivity index (χ0n) is 18.0. The monoisotopic (exact) mass is 514 g/mol. The molecule has 0 N–H and O–H groups in total. The topological polar surface area (TPSA) is 70.2 Å². The second-order valence-electron chi connectivity index (χ2n) is 6.45. The second kappa shape index (κ2) is 13.2. The number of nitrogens with zero attached hydrogens (tertiary/aromatic N) is 2. The van der Waals surface area contributed by atoms with Crippen molar-refractivity contribution in [2.45, 2.75) is 6.61 Å². The van der Waals surface area contributed by atoms with E-state index >= 15 is 0 Å². The zero-order valence-corrected chi connectivity index (χ0v) is 20.4. The first-order valence-electron chi connectivity index (χ1n) is 9.44. The largest absolute Gasteiger partial charge is 1.00 e. The fourth-order valence-electron chi connectivity index (χ4n) is 2.92. The third-order valence-corrected chi connectivity index (χ3v) is 4.74. The Balaban J connectivity index is 0.00000385. The van der Waals surface area contributed by atoms with Crippen LogP contribution in [0.2, 0.25) is 5.02 Å². The van der Waals surface area contributed by atoms with Crippen LogP contribution in [0, 0.1) is 6.08 Å². The first-order valence-corrected chi connectivity index (χ1v) is 10.6. The number of benzene rings is 3. The summed E-state index contributed by atoms with van der Waals surface area (Å²) in [6.45, 7) is 0.202. The second-order valence-corrected chi connectivity index (χ2v) is 7.60. The zero-order chi connectivity index (χ0) is 22.9. The summed E-state index contributed by atoms with van der Waals surface area (Å²) in [5, 5.41) is 10.1. The Hall–Kier alpha value is -2.62. The van der Waals surface area contributed by atoms with Crippen LogP contribution in [0.15, 0.2) is 77.8 Å². The maximum atomic E-state index is 12.0. The van der Waals surface area contributed by atoms with E-state index in [0.29, 0.717) is 16.1 Å². The van der Waals surface area contributed by atoms with E-state index in [9.17, 15) is 10.2 Å². The molecule has 0 atom stereocenters. The molecule has 0 saturated carbocycles. The van der Waals surface area contributed by atoms with Crippen molar-refractivity contribution in [1.29, 1.82) is 0 Å². The van der Waals surface area contributed by atoms with Gasteiger partial charge in [-0.1, -0.05) is 89.0 Å². The van der Waals surface area contributed by atoms with Crippen molar-refractivity contribution in [2.24, 2.45) is 4.99 Å². The van der Waals surface area contributed by atoms with E-state index in [4.69, 9.17) is 21.1 Å². The molecule has 0 aliphatic carbocycles. The molecule has 0 fully saturated rings. The van der Waals surface area contributed by atoms with E-state index in [1.54, 1.807) is 24.3 Å². The minimum Gasteiger partial charge on any atom is -0.530 e. The molecule has 3 aromatic carbocycles. The predicted molar refractivity (Wildman–Crippen MR) is 131 cm³/mol. The van der Waals surface area contributed by atoms with Crippen molar-refractivity contribution >= 4 is 50.2 Å². The number of rotatable bonds is 7. The summed E-state index contributed by atoms with van der Waals surface area (Å²) in [4.78, 5) is 15.9. The predicted octanol–water partition coefficient (Wildman–Crippen LogP) is 3.16. The fourth-order valence-corrected chi connectivity index (χ4v) is 3.19. The van der Waals surface area contributed by atoms with Gasteiger partial charge in [-0.05, 0) is 17.7 Å². The molecule has 5 nitrogen and oxygen atoms in total. The molecule has 0 heterocycles. The Morgan fingerprint density at radius 1 is 1.09 bits per heavy atom. The molecular weight excluding hydrogens is 499 g/mol. The van der Waals surface area contributed by atoms with Gasteiger partial charge in [-0.25, -0.2) is 0 Å². The van der Waals surface area contributed by atoms with Gasteiger partial charge in [0.1, 0.15) is 6.61 Å². The minimum atomic E-state index is -0.695. The maximum absolute atomic E-state index is 12.0. The number of carbonyl (C=O) groups is 1. The quantitative estimate of drug-likeness (QED) is 0.0710. The summed E-state index contributed by atoms with van der Waals surface area (Å²) in [6.07, 6.45) is 5.44. The first kappa shape index (κ1) is 26.6. The van der Waals surface area contributed by atoms with Gasteiger partial charge in [0.15, 0.2) is 0 Å². The van der Waals surface area contributed by atoms with Gasteiger partial charge in [-0.15, -0.1) is 32.3 Å². The number of hydrogen-bond acceptors (Lipinski definition) is 3. The molecular formula is C25H17BrClLiN2O3-2. The van der Waals surface area contributed by atoms with Crippen LogP contribution in [0.25, 0.3) is 22.3 Å². The van der Waals surface area contributed by atoms with Crippen LogP contribution in [0.3, 0.4) is 0 Å². The first-order chi connectivity index (χ1) is 15.5. The summed E-state index contributed by atoms with van der Waals surface area (Å²) < 4.78 is 10.4. The Labute approximate surface area is 218 Å². The standard InChI is InChI=1S/C25H17BrClN2O3.Li/c1-31-24(30)14-23(32-16-17-7-3-2-4-8-17)21-12-6-11-20(22(21)15-29-25(26)28)18-9-5-10-19(27)13-18;/h2-13H,16H2,1H3;/q-3;+1. The van der Waals surface area contributed by atoms with Crippen LogP contribution >= 0.6 is 27.5 Å². The van der Waals surface area contributed by atoms with Crippen LogP contribution in [-0.2, 0) is 20.9 Å². The van der Waals surface area contributed by atoms with Crippen molar-refractivity contribution in [1.82, 2.24) is 0 Å². The summed E-state index contributed by atoms with van der Waals surface area (Å²) in [7, 11) is 1.26. The molecule has 0 aliphatic rings. The van der Waals surface area contributed by atoms with Crippen LogP contribution < -0.4 is 18.9 Å². The number of aliphatic imine (C=N–C) groups is 1. The molecule has 162 valence electrons. The summed E-state index contributed by atoms with van der Waals surface area (Å²) in [5.74, 6) is -0.546. The number of amidine groups is 1. The molecule has 8 heteroatoms. The molecule has 0 aromatic heterocycles. The molecule has 3 aromatic rings. The number of methoxy groups -OCH3 is 1. The van der Waals surface area contributed by atoms with Gasteiger partial charge in [0.2, 0.25) is 5.97 Å². The Morgan fingerprint density at radius 2 is 1.82 bits per heavy atom. The molecule has 0 aliphatic heterocycles.